The van der Waals surface area contributed by atoms with Crippen LogP contribution in [0.25, 0.3) is 5.57 Å². The van der Waals surface area contributed by atoms with Gasteiger partial charge in [0, 0.05) is 12.7 Å². The fourth-order valence-corrected chi connectivity index (χ4v) is 3.97. The lowest BCUT2D eigenvalue weighted by molar-refractivity contribution is 0.0695. The van der Waals surface area contributed by atoms with Crippen molar-refractivity contribution in [1.82, 2.24) is 9.88 Å². The van der Waals surface area contributed by atoms with E-state index >= 15 is 0 Å². The highest BCUT2D eigenvalue weighted by Gasteiger charge is 2.44. The summed E-state index contributed by atoms with van der Waals surface area (Å²) < 4.78 is 11.0. The van der Waals surface area contributed by atoms with Crippen LogP contribution in [0.4, 0.5) is 4.79 Å². The second kappa shape index (κ2) is 7.46. The van der Waals surface area contributed by atoms with E-state index in [9.17, 15) is 4.79 Å². The second-order valence-electron chi connectivity index (χ2n) is 7.19. The highest BCUT2D eigenvalue weighted by atomic mass is 16.6. The minimum absolute atomic E-state index is 0.0603. The number of ether oxygens (including phenoxy) is 2. The first kappa shape index (κ1) is 17.8. The van der Waals surface area contributed by atoms with Gasteiger partial charge in [0.1, 0.15) is 5.75 Å². The van der Waals surface area contributed by atoms with E-state index in [1.54, 1.807) is 6.20 Å². The van der Waals surface area contributed by atoms with Gasteiger partial charge in [0.25, 0.3) is 0 Å². The molecule has 0 radical (unpaired) electrons. The van der Waals surface area contributed by atoms with E-state index in [-0.39, 0.29) is 17.7 Å². The Morgan fingerprint density at radius 2 is 2.20 bits per heavy atom. The molecule has 1 saturated heterocycles. The van der Waals surface area contributed by atoms with E-state index in [0.717, 1.165) is 50.0 Å². The molecule has 0 aromatic carbocycles. The normalized spacial score (nSPS) is 23.0. The molecule has 2 heterocycles. The molecule has 0 N–H and O–H groups in total. The minimum Gasteiger partial charge on any atom is -0.489 e. The summed E-state index contributed by atoms with van der Waals surface area (Å²) in [5.74, 6) is 0.808. The van der Waals surface area contributed by atoms with Gasteiger partial charge in [0.15, 0.2) is 0 Å². The molecular formula is C20H28N2O3. The first-order chi connectivity index (χ1) is 12.0. The van der Waals surface area contributed by atoms with Crippen LogP contribution in [0.2, 0.25) is 0 Å². The van der Waals surface area contributed by atoms with Crippen molar-refractivity contribution in [2.45, 2.75) is 64.5 Å². The summed E-state index contributed by atoms with van der Waals surface area (Å²) in [7, 11) is 0. The van der Waals surface area contributed by atoms with Gasteiger partial charge in [-0.3, -0.25) is 4.98 Å². The van der Waals surface area contributed by atoms with Gasteiger partial charge in [-0.2, -0.15) is 0 Å². The van der Waals surface area contributed by atoms with Crippen molar-refractivity contribution in [2.75, 3.05) is 13.2 Å². The van der Waals surface area contributed by atoms with Crippen LogP contribution in [-0.4, -0.2) is 40.8 Å². The predicted molar refractivity (Wildman–Crippen MR) is 97.5 cm³/mol. The van der Waals surface area contributed by atoms with Crippen LogP contribution >= 0.6 is 0 Å². The topological polar surface area (TPSA) is 51.7 Å². The van der Waals surface area contributed by atoms with Crippen molar-refractivity contribution in [1.29, 1.82) is 0 Å². The van der Waals surface area contributed by atoms with Crippen molar-refractivity contribution < 1.29 is 14.3 Å². The molecule has 1 amide bonds. The summed E-state index contributed by atoms with van der Waals surface area (Å²) in [5.41, 5.74) is 2.35. The Hall–Kier alpha value is -2.04. The molecule has 1 spiro atoms. The largest absolute Gasteiger partial charge is 0.489 e. The van der Waals surface area contributed by atoms with Crippen molar-refractivity contribution in [3.63, 3.8) is 0 Å². The van der Waals surface area contributed by atoms with Crippen LogP contribution < -0.4 is 4.74 Å². The Morgan fingerprint density at radius 1 is 1.36 bits per heavy atom. The maximum atomic E-state index is 12.3. The van der Waals surface area contributed by atoms with Crippen LogP contribution in [0.5, 0.6) is 5.75 Å². The molecule has 2 aliphatic rings. The van der Waals surface area contributed by atoms with Gasteiger partial charge in [-0.1, -0.05) is 6.08 Å². The lowest BCUT2D eigenvalue weighted by Gasteiger charge is -2.40. The van der Waals surface area contributed by atoms with E-state index in [0.29, 0.717) is 6.61 Å². The Kier molecular flexibility index (Phi) is 5.30. The molecule has 1 aliphatic heterocycles. The van der Waals surface area contributed by atoms with Gasteiger partial charge < -0.3 is 14.4 Å². The summed E-state index contributed by atoms with van der Waals surface area (Å²) in [6.07, 6.45) is 10.8. The molecule has 1 aromatic rings. The van der Waals surface area contributed by atoms with Crippen molar-refractivity contribution in [3.05, 3.63) is 30.1 Å². The number of likely N-dealkylation sites (tertiary alicyclic amines) is 1. The number of carbonyl (C=O) groups is 1. The molecule has 0 saturated carbocycles. The number of amides is 1. The summed E-state index contributed by atoms with van der Waals surface area (Å²) in [6.45, 7) is 7.13. The van der Waals surface area contributed by atoms with Gasteiger partial charge in [-0.05, 0) is 70.1 Å². The first-order valence-electron chi connectivity index (χ1n) is 9.29. The monoisotopic (exact) mass is 344 g/mol. The molecule has 5 nitrogen and oxygen atoms in total. The molecule has 3 rings (SSSR count). The number of pyridine rings is 1. The summed E-state index contributed by atoms with van der Waals surface area (Å²) >= 11 is 0. The van der Waals surface area contributed by atoms with Crippen molar-refractivity contribution >= 4 is 11.7 Å². The third-order valence-electron chi connectivity index (χ3n) is 5.13. The fourth-order valence-electron chi connectivity index (χ4n) is 3.97. The van der Waals surface area contributed by atoms with Crippen molar-refractivity contribution in [2.24, 2.45) is 0 Å². The SMILES string of the molecule is CCOC(=O)N1CCCC12CC=C(c1cncc(OC(C)C)c1)CC2. The number of hydrogen-bond acceptors (Lipinski definition) is 4. The predicted octanol–water partition coefficient (Wildman–Crippen LogP) is 4.43. The smallest absolute Gasteiger partial charge is 0.410 e. The Bertz CT molecular complexity index is 656. The molecule has 1 aromatic heterocycles. The molecule has 25 heavy (non-hydrogen) atoms. The quantitative estimate of drug-likeness (QED) is 0.811. The van der Waals surface area contributed by atoms with E-state index < -0.39 is 0 Å². The summed E-state index contributed by atoms with van der Waals surface area (Å²) in [4.78, 5) is 18.6. The molecule has 5 heteroatoms. The Balaban J connectivity index is 1.75. The van der Waals surface area contributed by atoms with Gasteiger partial charge in [-0.25, -0.2) is 4.79 Å². The molecule has 1 fully saturated rings. The van der Waals surface area contributed by atoms with Crippen LogP contribution in [0.1, 0.15) is 58.4 Å². The second-order valence-corrected chi connectivity index (χ2v) is 7.19. The fraction of sp³-hybridized carbons (Fsp3) is 0.600. The Labute approximate surface area is 150 Å². The van der Waals surface area contributed by atoms with E-state index in [4.69, 9.17) is 9.47 Å². The number of aromatic nitrogens is 1. The molecule has 1 aliphatic carbocycles. The number of allylic oxidation sites excluding steroid dienone is 1. The number of nitrogens with zero attached hydrogens (tertiary/aromatic N) is 2. The third-order valence-corrected chi connectivity index (χ3v) is 5.13. The molecule has 1 atom stereocenters. The average Bonchev–Trinajstić information content (AvgIpc) is 2.99. The number of hydrogen-bond donors (Lipinski definition) is 0. The molecule has 0 bridgehead atoms. The van der Waals surface area contributed by atoms with E-state index in [1.807, 2.05) is 31.9 Å². The van der Waals surface area contributed by atoms with Crippen LogP contribution in [-0.2, 0) is 4.74 Å². The lowest BCUT2D eigenvalue weighted by Crippen LogP contribution is -2.48. The zero-order valence-electron chi connectivity index (χ0n) is 15.5. The van der Waals surface area contributed by atoms with Crippen LogP contribution in [0.15, 0.2) is 24.5 Å². The van der Waals surface area contributed by atoms with Crippen LogP contribution in [0.3, 0.4) is 0 Å². The summed E-state index contributed by atoms with van der Waals surface area (Å²) in [5, 5.41) is 0. The first-order valence-corrected chi connectivity index (χ1v) is 9.29. The zero-order chi connectivity index (χ0) is 17.9. The van der Waals surface area contributed by atoms with Crippen molar-refractivity contribution in [3.8, 4) is 5.75 Å². The van der Waals surface area contributed by atoms with E-state index in [1.165, 1.54) is 5.57 Å². The van der Waals surface area contributed by atoms with Crippen LogP contribution in [0, 0.1) is 0 Å². The maximum Gasteiger partial charge on any atom is 0.410 e. The summed E-state index contributed by atoms with van der Waals surface area (Å²) in [6, 6.07) is 2.06. The lowest BCUT2D eigenvalue weighted by atomic mass is 9.79. The molecule has 1 unspecified atom stereocenters. The van der Waals surface area contributed by atoms with Gasteiger partial charge in [0.05, 0.1) is 24.4 Å². The molecular weight excluding hydrogens is 316 g/mol. The van der Waals surface area contributed by atoms with Gasteiger partial charge in [-0.15, -0.1) is 0 Å². The van der Waals surface area contributed by atoms with E-state index in [2.05, 4.69) is 17.1 Å². The van der Waals surface area contributed by atoms with Gasteiger partial charge in [0.2, 0.25) is 0 Å². The molecule has 136 valence electrons. The highest BCUT2D eigenvalue weighted by Crippen LogP contribution is 2.43. The number of carbonyl (C=O) groups excluding carboxylic acids is 1. The maximum absolute atomic E-state index is 12.3. The third kappa shape index (κ3) is 3.80. The van der Waals surface area contributed by atoms with Gasteiger partial charge >= 0.3 is 6.09 Å². The highest BCUT2D eigenvalue weighted by molar-refractivity contribution is 5.71. The minimum atomic E-state index is -0.161. The zero-order valence-corrected chi connectivity index (χ0v) is 15.5. The standard InChI is InChI=1S/C20H28N2O3/c1-4-24-19(23)22-11-5-8-20(22)9-6-16(7-10-20)17-12-18(14-21-13-17)25-15(2)3/h6,12-15H,4-5,7-11H2,1-3H3. The average molecular weight is 344 g/mol. The Morgan fingerprint density at radius 3 is 2.88 bits per heavy atom. The number of rotatable bonds is 4.